The summed E-state index contributed by atoms with van der Waals surface area (Å²) in [6.07, 6.45) is 2.40. The van der Waals surface area contributed by atoms with Gasteiger partial charge in [0.2, 0.25) is 0 Å². The van der Waals surface area contributed by atoms with E-state index in [-0.39, 0.29) is 11.5 Å². The molecule has 0 aliphatic heterocycles. The minimum atomic E-state index is -0.516. The van der Waals surface area contributed by atoms with Gasteiger partial charge in [0.05, 0.1) is 11.8 Å². The fraction of sp³-hybridized carbons (Fsp3) is 0.0769. The molecule has 2 aromatic rings. The monoisotopic (exact) mass is 230 g/mol. The largest absolute Gasteiger partial charge is 0.348 e. The van der Waals surface area contributed by atoms with E-state index in [4.69, 9.17) is 0 Å². The van der Waals surface area contributed by atoms with Gasteiger partial charge in [-0.3, -0.25) is 9.78 Å². The van der Waals surface area contributed by atoms with E-state index in [1.54, 1.807) is 0 Å². The van der Waals surface area contributed by atoms with E-state index < -0.39 is 5.82 Å². The molecule has 0 unspecified atom stereocenters. The smallest absolute Gasteiger partial charge is 0.253 e. The third kappa shape index (κ3) is 3.11. The van der Waals surface area contributed by atoms with E-state index >= 15 is 0 Å². The SMILES string of the molecule is O=C(NCc1ccccc1)c1cncc(F)c1. The standard InChI is InChI=1S/C13H11FN2O/c14-12-6-11(8-15-9-12)13(17)16-7-10-4-2-1-3-5-10/h1-6,8-9H,7H2,(H,16,17). The van der Waals surface area contributed by atoms with Crippen LogP contribution in [0, 0.1) is 5.82 Å². The van der Waals surface area contributed by atoms with E-state index in [1.165, 1.54) is 6.20 Å². The summed E-state index contributed by atoms with van der Waals surface area (Å²) in [5.74, 6) is -0.849. The summed E-state index contributed by atoms with van der Waals surface area (Å²) in [7, 11) is 0. The molecule has 1 aromatic heterocycles. The average molecular weight is 230 g/mol. The van der Waals surface area contributed by atoms with Gasteiger partial charge in [-0.05, 0) is 11.6 Å². The van der Waals surface area contributed by atoms with E-state index in [9.17, 15) is 9.18 Å². The van der Waals surface area contributed by atoms with Crippen LogP contribution in [-0.2, 0) is 6.54 Å². The van der Waals surface area contributed by atoms with E-state index in [2.05, 4.69) is 10.3 Å². The molecule has 1 N–H and O–H groups in total. The van der Waals surface area contributed by atoms with Gasteiger partial charge in [0.25, 0.3) is 5.91 Å². The lowest BCUT2D eigenvalue weighted by Crippen LogP contribution is -2.22. The normalized spacial score (nSPS) is 9.94. The molecule has 0 bridgehead atoms. The lowest BCUT2D eigenvalue weighted by Gasteiger charge is -2.04. The molecule has 0 saturated carbocycles. The van der Waals surface area contributed by atoms with Crippen molar-refractivity contribution in [3.8, 4) is 0 Å². The number of carbonyl (C=O) groups excluding carboxylic acids is 1. The van der Waals surface area contributed by atoms with Crippen LogP contribution in [0.4, 0.5) is 4.39 Å². The Morgan fingerprint density at radius 3 is 2.71 bits per heavy atom. The van der Waals surface area contributed by atoms with Crippen LogP contribution in [0.1, 0.15) is 15.9 Å². The van der Waals surface area contributed by atoms with Gasteiger partial charge in [-0.1, -0.05) is 30.3 Å². The van der Waals surface area contributed by atoms with Crippen LogP contribution in [0.5, 0.6) is 0 Å². The van der Waals surface area contributed by atoms with Crippen LogP contribution >= 0.6 is 0 Å². The van der Waals surface area contributed by atoms with E-state index in [0.717, 1.165) is 17.8 Å². The molecule has 0 fully saturated rings. The summed E-state index contributed by atoms with van der Waals surface area (Å²) in [6.45, 7) is 0.413. The maximum Gasteiger partial charge on any atom is 0.253 e. The highest BCUT2D eigenvalue weighted by Crippen LogP contribution is 2.02. The molecule has 0 aliphatic rings. The van der Waals surface area contributed by atoms with Crippen LogP contribution in [0.25, 0.3) is 0 Å². The fourth-order valence-corrected chi connectivity index (χ4v) is 1.42. The number of hydrogen-bond donors (Lipinski definition) is 1. The van der Waals surface area contributed by atoms with Gasteiger partial charge < -0.3 is 5.32 Å². The number of nitrogens with one attached hydrogen (secondary N) is 1. The number of aromatic nitrogens is 1. The maximum absolute atomic E-state index is 12.8. The molecular formula is C13H11FN2O. The van der Waals surface area contributed by atoms with Crippen molar-refractivity contribution in [1.29, 1.82) is 0 Å². The number of pyridine rings is 1. The Morgan fingerprint density at radius 2 is 2.00 bits per heavy atom. The quantitative estimate of drug-likeness (QED) is 0.877. The Bertz CT molecular complexity index is 514. The van der Waals surface area contributed by atoms with Crippen molar-refractivity contribution in [2.45, 2.75) is 6.54 Å². The molecule has 1 amide bonds. The van der Waals surface area contributed by atoms with Crippen LogP contribution in [0.2, 0.25) is 0 Å². The predicted molar refractivity (Wildman–Crippen MR) is 61.8 cm³/mol. The Kier molecular flexibility index (Phi) is 3.45. The van der Waals surface area contributed by atoms with Gasteiger partial charge >= 0.3 is 0 Å². The topological polar surface area (TPSA) is 42.0 Å². The first-order chi connectivity index (χ1) is 8.25. The van der Waals surface area contributed by atoms with Crippen molar-refractivity contribution < 1.29 is 9.18 Å². The van der Waals surface area contributed by atoms with Crippen molar-refractivity contribution in [3.63, 3.8) is 0 Å². The van der Waals surface area contributed by atoms with Gasteiger partial charge in [-0.2, -0.15) is 0 Å². The Morgan fingerprint density at radius 1 is 1.24 bits per heavy atom. The molecule has 4 heteroatoms. The Balaban J connectivity index is 1.98. The summed E-state index contributed by atoms with van der Waals surface area (Å²) in [4.78, 5) is 15.3. The number of hydrogen-bond acceptors (Lipinski definition) is 2. The first-order valence-electron chi connectivity index (χ1n) is 5.18. The zero-order valence-corrected chi connectivity index (χ0v) is 9.06. The number of amides is 1. The van der Waals surface area contributed by atoms with Gasteiger partial charge in [-0.25, -0.2) is 4.39 Å². The molecule has 0 atom stereocenters. The Hall–Kier alpha value is -2.23. The van der Waals surface area contributed by atoms with Gasteiger partial charge in [0.15, 0.2) is 0 Å². The number of halogens is 1. The molecule has 17 heavy (non-hydrogen) atoms. The lowest BCUT2D eigenvalue weighted by atomic mass is 10.2. The van der Waals surface area contributed by atoms with Crippen LogP contribution in [-0.4, -0.2) is 10.9 Å². The van der Waals surface area contributed by atoms with Gasteiger partial charge in [0.1, 0.15) is 5.82 Å². The molecular weight excluding hydrogens is 219 g/mol. The molecule has 1 aromatic carbocycles. The van der Waals surface area contributed by atoms with Gasteiger partial charge in [0, 0.05) is 12.7 Å². The fourth-order valence-electron chi connectivity index (χ4n) is 1.42. The number of carbonyl (C=O) groups is 1. The second kappa shape index (κ2) is 5.21. The Labute approximate surface area is 98.3 Å². The van der Waals surface area contributed by atoms with Crippen LogP contribution in [0.3, 0.4) is 0 Å². The minimum absolute atomic E-state index is 0.223. The first-order valence-corrected chi connectivity index (χ1v) is 5.18. The molecule has 1 heterocycles. The van der Waals surface area contributed by atoms with Crippen molar-refractivity contribution >= 4 is 5.91 Å². The average Bonchev–Trinajstić information content (AvgIpc) is 2.37. The van der Waals surface area contributed by atoms with Crippen molar-refractivity contribution in [2.24, 2.45) is 0 Å². The highest BCUT2D eigenvalue weighted by molar-refractivity contribution is 5.93. The summed E-state index contributed by atoms with van der Waals surface area (Å²) in [5.41, 5.74) is 1.21. The third-order valence-corrected chi connectivity index (χ3v) is 2.26. The summed E-state index contributed by atoms with van der Waals surface area (Å²) in [6, 6.07) is 10.7. The van der Waals surface area contributed by atoms with E-state index in [0.29, 0.717) is 6.54 Å². The van der Waals surface area contributed by atoms with Crippen molar-refractivity contribution in [2.75, 3.05) is 0 Å². The van der Waals surface area contributed by atoms with Crippen molar-refractivity contribution in [1.82, 2.24) is 10.3 Å². The molecule has 3 nitrogen and oxygen atoms in total. The van der Waals surface area contributed by atoms with Gasteiger partial charge in [-0.15, -0.1) is 0 Å². The molecule has 0 radical (unpaired) electrons. The van der Waals surface area contributed by atoms with Crippen LogP contribution < -0.4 is 5.32 Å². The molecule has 0 saturated heterocycles. The van der Waals surface area contributed by atoms with Crippen LogP contribution in [0.15, 0.2) is 48.8 Å². The summed E-state index contributed by atoms with van der Waals surface area (Å²) in [5, 5.41) is 2.70. The highest BCUT2D eigenvalue weighted by Gasteiger charge is 2.06. The molecule has 0 spiro atoms. The zero-order valence-electron chi connectivity index (χ0n) is 9.06. The molecule has 2 rings (SSSR count). The summed E-state index contributed by atoms with van der Waals surface area (Å²) >= 11 is 0. The predicted octanol–water partition coefficient (Wildman–Crippen LogP) is 2.15. The first kappa shape index (κ1) is 11.3. The zero-order chi connectivity index (χ0) is 12.1. The second-order valence-electron chi connectivity index (χ2n) is 3.56. The van der Waals surface area contributed by atoms with Crippen molar-refractivity contribution in [3.05, 3.63) is 65.7 Å². The molecule has 86 valence electrons. The number of nitrogens with zero attached hydrogens (tertiary/aromatic N) is 1. The van der Waals surface area contributed by atoms with E-state index in [1.807, 2.05) is 30.3 Å². The number of benzene rings is 1. The highest BCUT2D eigenvalue weighted by atomic mass is 19.1. The summed E-state index contributed by atoms with van der Waals surface area (Å²) < 4.78 is 12.8. The minimum Gasteiger partial charge on any atom is -0.348 e. The maximum atomic E-state index is 12.8. The lowest BCUT2D eigenvalue weighted by molar-refractivity contribution is 0.0950. The number of rotatable bonds is 3. The second-order valence-corrected chi connectivity index (χ2v) is 3.56. The molecule has 0 aliphatic carbocycles. The third-order valence-electron chi connectivity index (χ3n) is 2.26.